The van der Waals surface area contributed by atoms with Gasteiger partial charge in [-0.3, -0.25) is 4.79 Å². The Morgan fingerprint density at radius 2 is 1.67 bits per heavy atom. The molecule has 1 amide bonds. The third-order valence-corrected chi connectivity index (χ3v) is 6.09. The third-order valence-electron chi connectivity index (χ3n) is 3.66. The largest absolute Gasteiger partial charge is 0.493 e. The van der Waals surface area contributed by atoms with Crippen LogP contribution < -0.4 is 14.8 Å². The van der Waals surface area contributed by atoms with Crippen LogP contribution in [0.3, 0.4) is 0 Å². The molecular weight excluding hydrogens is 415 g/mol. The van der Waals surface area contributed by atoms with E-state index in [9.17, 15) is 13.2 Å². The zero-order chi connectivity index (χ0) is 20.2. The normalized spacial score (nSPS) is 11.3. The molecule has 10 heteroatoms. The average Bonchev–Trinajstić information content (AvgIpc) is 2.64. The van der Waals surface area contributed by atoms with Crippen molar-refractivity contribution in [2.75, 3.05) is 33.1 Å². The third kappa shape index (κ3) is 4.84. The molecule has 1 N–H and O–H groups in total. The number of rotatable bonds is 7. The zero-order valence-electron chi connectivity index (χ0n) is 14.8. The number of carbonyl (C=O) groups excluding carboxylic acids is 1. The summed E-state index contributed by atoms with van der Waals surface area (Å²) in [5, 5.41) is 3.02. The van der Waals surface area contributed by atoms with Crippen molar-refractivity contribution >= 4 is 44.8 Å². The Hall–Kier alpha value is -2.00. The molecule has 0 bridgehead atoms. The second-order valence-corrected chi connectivity index (χ2v) is 8.28. The summed E-state index contributed by atoms with van der Waals surface area (Å²) in [6.07, 6.45) is 0. The molecule has 0 atom stereocenters. The Balaban J connectivity index is 2.19. The summed E-state index contributed by atoms with van der Waals surface area (Å²) in [5.41, 5.74) is 0.225. The number of carbonyl (C=O) groups is 1. The van der Waals surface area contributed by atoms with Gasteiger partial charge in [0.15, 0.2) is 11.5 Å². The van der Waals surface area contributed by atoms with Gasteiger partial charge < -0.3 is 14.8 Å². The Morgan fingerprint density at radius 1 is 1.07 bits per heavy atom. The fraction of sp³-hybridized carbons (Fsp3) is 0.235. The van der Waals surface area contributed by atoms with Gasteiger partial charge in [0.2, 0.25) is 15.9 Å². The maximum Gasteiger partial charge on any atom is 0.243 e. The van der Waals surface area contributed by atoms with Crippen LogP contribution in [0.25, 0.3) is 0 Å². The molecule has 0 aliphatic rings. The van der Waals surface area contributed by atoms with Crippen molar-refractivity contribution in [1.29, 1.82) is 0 Å². The Bertz CT molecular complexity index is 930. The number of anilines is 1. The molecule has 0 saturated heterocycles. The first-order chi connectivity index (χ1) is 12.7. The van der Waals surface area contributed by atoms with E-state index in [0.29, 0.717) is 5.75 Å². The number of halogens is 2. The number of nitrogens with one attached hydrogen (secondary N) is 1. The van der Waals surface area contributed by atoms with Crippen LogP contribution in [-0.2, 0) is 14.8 Å². The van der Waals surface area contributed by atoms with Crippen LogP contribution in [0.1, 0.15) is 0 Å². The highest BCUT2D eigenvalue weighted by molar-refractivity contribution is 7.89. The van der Waals surface area contributed by atoms with Gasteiger partial charge in [0, 0.05) is 13.1 Å². The lowest BCUT2D eigenvalue weighted by atomic mass is 10.3. The topological polar surface area (TPSA) is 84.9 Å². The molecule has 2 aromatic rings. The zero-order valence-corrected chi connectivity index (χ0v) is 17.2. The molecule has 0 aliphatic carbocycles. The molecule has 0 aliphatic heterocycles. The van der Waals surface area contributed by atoms with E-state index in [1.807, 2.05) is 0 Å². The van der Waals surface area contributed by atoms with E-state index in [2.05, 4.69) is 5.32 Å². The first-order valence-electron chi connectivity index (χ1n) is 7.63. The number of sulfonamides is 1. The number of hydrogen-bond acceptors (Lipinski definition) is 5. The molecule has 0 saturated carbocycles. The van der Waals surface area contributed by atoms with Gasteiger partial charge in [-0.1, -0.05) is 29.3 Å². The van der Waals surface area contributed by atoms with E-state index in [1.54, 1.807) is 18.2 Å². The summed E-state index contributed by atoms with van der Waals surface area (Å²) in [5.74, 6) is 0.0704. The van der Waals surface area contributed by atoms with Crippen LogP contribution >= 0.6 is 23.2 Å². The Labute approximate surface area is 167 Å². The van der Waals surface area contributed by atoms with Crippen LogP contribution in [0, 0.1) is 0 Å². The van der Waals surface area contributed by atoms with Crippen molar-refractivity contribution in [3.63, 3.8) is 0 Å². The Morgan fingerprint density at radius 3 is 2.22 bits per heavy atom. The predicted octanol–water partition coefficient (Wildman–Crippen LogP) is 3.27. The minimum Gasteiger partial charge on any atom is -0.493 e. The number of amides is 1. The molecule has 0 spiro atoms. The number of ether oxygens (including phenoxy) is 2. The van der Waals surface area contributed by atoms with Crippen molar-refractivity contribution in [3.8, 4) is 11.5 Å². The number of methoxy groups -OCH3 is 2. The van der Waals surface area contributed by atoms with Crippen LogP contribution in [0.2, 0.25) is 10.0 Å². The summed E-state index contributed by atoms with van der Waals surface area (Å²) in [6.45, 7) is -0.432. The molecule has 0 fully saturated rings. The van der Waals surface area contributed by atoms with Crippen LogP contribution in [0.4, 0.5) is 5.69 Å². The van der Waals surface area contributed by atoms with E-state index in [-0.39, 0.29) is 26.4 Å². The molecule has 0 unspecified atom stereocenters. The molecule has 2 rings (SSSR count). The maximum atomic E-state index is 12.7. The first kappa shape index (κ1) is 21.3. The number of benzene rings is 2. The van der Waals surface area contributed by atoms with Gasteiger partial charge in [-0.15, -0.1) is 0 Å². The second kappa shape index (κ2) is 8.79. The van der Waals surface area contributed by atoms with Gasteiger partial charge >= 0.3 is 0 Å². The van der Waals surface area contributed by atoms with E-state index < -0.39 is 22.5 Å². The number of hydrogen-bond donors (Lipinski definition) is 1. The predicted molar refractivity (Wildman–Crippen MR) is 104 cm³/mol. The smallest absolute Gasteiger partial charge is 0.243 e. The van der Waals surface area contributed by atoms with Gasteiger partial charge in [0.05, 0.1) is 41.4 Å². The van der Waals surface area contributed by atoms with Gasteiger partial charge in [0.25, 0.3) is 0 Å². The molecule has 0 aromatic heterocycles. The fourth-order valence-electron chi connectivity index (χ4n) is 2.24. The van der Waals surface area contributed by atoms with Crippen molar-refractivity contribution < 1.29 is 22.7 Å². The lowest BCUT2D eigenvalue weighted by Gasteiger charge is -2.18. The van der Waals surface area contributed by atoms with E-state index in [1.165, 1.54) is 39.5 Å². The fourth-order valence-corrected chi connectivity index (χ4v) is 3.88. The molecule has 0 heterocycles. The van der Waals surface area contributed by atoms with Gasteiger partial charge in [0.1, 0.15) is 0 Å². The minimum absolute atomic E-state index is 0.0359. The minimum atomic E-state index is -3.93. The van der Waals surface area contributed by atoms with Crippen LogP contribution in [-0.4, -0.2) is 46.4 Å². The summed E-state index contributed by atoms with van der Waals surface area (Å²) in [4.78, 5) is 12.2. The van der Waals surface area contributed by atoms with Crippen LogP contribution in [0.15, 0.2) is 41.3 Å². The van der Waals surface area contributed by atoms with Gasteiger partial charge in [-0.05, 0) is 24.3 Å². The first-order valence-corrected chi connectivity index (χ1v) is 9.82. The summed E-state index contributed by atoms with van der Waals surface area (Å²) < 4.78 is 36.6. The van der Waals surface area contributed by atoms with Crippen molar-refractivity contribution in [2.24, 2.45) is 0 Å². The summed E-state index contributed by atoms with van der Waals surface area (Å²) in [7, 11) is 0.207. The van der Waals surface area contributed by atoms with E-state index in [0.717, 1.165) is 4.31 Å². The quantitative estimate of drug-likeness (QED) is 0.725. The highest BCUT2D eigenvalue weighted by atomic mass is 35.5. The van der Waals surface area contributed by atoms with Crippen molar-refractivity contribution in [3.05, 3.63) is 46.4 Å². The van der Waals surface area contributed by atoms with E-state index in [4.69, 9.17) is 32.7 Å². The lowest BCUT2D eigenvalue weighted by molar-refractivity contribution is -0.116. The van der Waals surface area contributed by atoms with Gasteiger partial charge in [-0.25, -0.2) is 8.42 Å². The highest BCUT2D eigenvalue weighted by Gasteiger charge is 2.25. The van der Waals surface area contributed by atoms with Gasteiger partial charge in [-0.2, -0.15) is 4.31 Å². The summed E-state index contributed by atoms with van der Waals surface area (Å²) >= 11 is 12.0. The number of para-hydroxylation sites is 1. The lowest BCUT2D eigenvalue weighted by Crippen LogP contribution is -2.35. The Kier molecular flexibility index (Phi) is 6.94. The highest BCUT2D eigenvalue weighted by Crippen LogP contribution is 2.31. The molecular formula is C17H18Cl2N2O5S. The molecule has 2 aromatic carbocycles. The number of nitrogens with zero attached hydrogens (tertiary/aromatic N) is 1. The SMILES string of the molecule is COc1ccc(S(=O)(=O)N(C)CC(=O)Nc2c(Cl)cccc2Cl)cc1OC. The molecule has 0 radical (unpaired) electrons. The van der Waals surface area contributed by atoms with E-state index >= 15 is 0 Å². The molecule has 146 valence electrons. The molecule has 7 nitrogen and oxygen atoms in total. The standard InChI is InChI=1S/C17H18Cl2N2O5S/c1-21(10-16(22)20-17-12(18)5-4-6-13(17)19)27(23,24)11-7-8-14(25-2)15(9-11)26-3/h4-9H,10H2,1-3H3,(H,20,22). The average molecular weight is 433 g/mol. The monoisotopic (exact) mass is 432 g/mol. The van der Waals surface area contributed by atoms with Crippen LogP contribution in [0.5, 0.6) is 11.5 Å². The maximum absolute atomic E-state index is 12.7. The summed E-state index contributed by atoms with van der Waals surface area (Å²) in [6, 6.07) is 8.93. The van der Waals surface area contributed by atoms with Crippen molar-refractivity contribution in [2.45, 2.75) is 4.90 Å². The molecule has 27 heavy (non-hydrogen) atoms. The van der Waals surface area contributed by atoms with Crippen molar-refractivity contribution in [1.82, 2.24) is 4.31 Å². The number of likely N-dealkylation sites (N-methyl/N-ethyl adjacent to an activating group) is 1. The second-order valence-electron chi connectivity index (χ2n) is 5.42.